The van der Waals surface area contributed by atoms with Crippen LogP contribution in [-0.2, 0) is 14.3 Å². The number of piperidine rings is 1. The molecular formula is C21H32N2O4S. The van der Waals surface area contributed by atoms with Gasteiger partial charge in [0, 0.05) is 13.1 Å². The van der Waals surface area contributed by atoms with Crippen LogP contribution < -0.4 is 5.32 Å². The highest BCUT2D eigenvalue weighted by Crippen LogP contribution is 2.28. The van der Waals surface area contributed by atoms with Crippen molar-refractivity contribution in [2.24, 2.45) is 0 Å². The second-order valence-electron chi connectivity index (χ2n) is 7.76. The van der Waals surface area contributed by atoms with Crippen LogP contribution in [0.3, 0.4) is 0 Å². The average Bonchev–Trinajstić information content (AvgIpc) is 3.04. The quantitative estimate of drug-likeness (QED) is 0.691. The number of hydrogen-bond acceptors (Lipinski definition) is 6. The fourth-order valence-corrected chi connectivity index (χ4v) is 4.98. The predicted octanol–water partition coefficient (Wildman–Crippen LogP) is 3.99. The third-order valence-electron chi connectivity index (χ3n) is 5.48. The van der Waals surface area contributed by atoms with Crippen molar-refractivity contribution in [3.8, 4) is 0 Å². The van der Waals surface area contributed by atoms with Gasteiger partial charge in [-0.15, -0.1) is 11.3 Å². The molecule has 2 aliphatic rings. The standard InChI is InChI=1S/C21H32N2O4S/c1-3-26-21(25)20-15(2)13-19(28-20)22-18(24)14-23-11-9-17(10-12-23)27-16-7-5-4-6-8-16/h13,16-17H,3-12,14H2,1-2H3,(H,22,24). The highest BCUT2D eigenvalue weighted by atomic mass is 32.1. The molecule has 1 amide bonds. The normalized spacial score (nSPS) is 19.5. The molecule has 28 heavy (non-hydrogen) atoms. The van der Waals surface area contributed by atoms with E-state index in [-0.39, 0.29) is 11.9 Å². The maximum Gasteiger partial charge on any atom is 0.348 e. The highest BCUT2D eigenvalue weighted by molar-refractivity contribution is 7.18. The van der Waals surface area contributed by atoms with Gasteiger partial charge in [0.25, 0.3) is 0 Å². The van der Waals surface area contributed by atoms with Crippen LogP contribution in [0, 0.1) is 6.92 Å². The molecule has 1 N–H and O–H groups in total. The molecule has 3 rings (SSSR count). The molecule has 0 aromatic carbocycles. The Hall–Kier alpha value is -1.44. The molecule has 1 aliphatic heterocycles. The number of thiophene rings is 1. The van der Waals surface area contributed by atoms with Crippen LogP contribution >= 0.6 is 11.3 Å². The number of aryl methyl sites for hydroxylation is 1. The molecule has 0 bridgehead atoms. The molecule has 156 valence electrons. The first-order chi connectivity index (χ1) is 13.5. The number of rotatable bonds is 7. The van der Waals surface area contributed by atoms with Crippen LogP contribution in [0.5, 0.6) is 0 Å². The number of anilines is 1. The Morgan fingerprint density at radius 1 is 1.14 bits per heavy atom. The van der Waals surface area contributed by atoms with Gasteiger partial charge < -0.3 is 14.8 Å². The molecule has 1 saturated carbocycles. The van der Waals surface area contributed by atoms with Gasteiger partial charge in [-0.25, -0.2) is 4.79 Å². The monoisotopic (exact) mass is 408 g/mol. The zero-order valence-corrected chi connectivity index (χ0v) is 17.8. The van der Waals surface area contributed by atoms with Gasteiger partial charge in [0.2, 0.25) is 5.91 Å². The third kappa shape index (κ3) is 6.03. The average molecular weight is 409 g/mol. The van der Waals surface area contributed by atoms with Crippen molar-refractivity contribution in [1.29, 1.82) is 0 Å². The zero-order chi connectivity index (χ0) is 19.9. The van der Waals surface area contributed by atoms with Crippen LogP contribution in [0.25, 0.3) is 0 Å². The lowest BCUT2D eigenvalue weighted by molar-refractivity contribution is -0.118. The molecule has 1 aromatic heterocycles. The minimum atomic E-state index is -0.328. The summed E-state index contributed by atoms with van der Waals surface area (Å²) in [6.45, 7) is 6.15. The molecule has 1 saturated heterocycles. The van der Waals surface area contributed by atoms with E-state index in [1.807, 2.05) is 13.0 Å². The summed E-state index contributed by atoms with van der Waals surface area (Å²) in [6, 6.07) is 1.83. The summed E-state index contributed by atoms with van der Waals surface area (Å²) in [5.74, 6) is -0.367. The molecule has 1 aromatic rings. The van der Waals surface area contributed by atoms with E-state index in [4.69, 9.17) is 9.47 Å². The Labute approximate surface area is 171 Å². The topological polar surface area (TPSA) is 67.9 Å². The van der Waals surface area contributed by atoms with Gasteiger partial charge >= 0.3 is 5.97 Å². The van der Waals surface area contributed by atoms with E-state index in [1.54, 1.807) is 6.92 Å². The van der Waals surface area contributed by atoms with E-state index >= 15 is 0 Å². The number of hydrogen-bond donors (Lipinski definition) is 1. The minimum absolute atomic E-state index is 0.0386. The Morgan fingerprint density at radius 3 is 2.50 bits per heavy atom. The highest BCUT2D eigenvalue weighted by Gasteiger charge is 2.25. The number of amides is 1. The first kappa shape index (κ1) is 21.3. The Kier molecular flexibility index (Phi) is 7.88. The number of nitrogens with zero attached hydrogens (tertiary/aromatic N) is 1. The molecular weight excluding hydrogens is 376 g/mol. The molecule has 2 heterocycles. The summed E-state index contributed by atoms with van der Waals surface area (Å²) >= 11 is 1.27. The molecule has 0 spiro atoms. The zero-order valence-electron chi connectivity index (χ0n) is 17.0. The number of likely N-dealkylation sites (tertiary alicyclic amines) is 1. The number of carbonyl (C=O) groups excluding carboxylic acids is 2. The number of ether oxygens (including phenoxy) is 2. The summed E-state index contributed by atoms with van der Waals surface area (Å²) in [4.78, 5) is 27.0. The van der Waals surface area contributed by atoms with Gasteiger partial charge in [0.15, 0.2) is 0 Å². The molecule has 0 atom stereocenters. The van der Waals surface area contributed by atoms with Gasteiger partial charge in [-0.3, -0.25) is 9.69 Å². The van der Waals surface area contributed by atoms with Gasteiger partial charge in [-0.1, -0.05) is 19.3 Å². The maximum atomic E-state index is 12.4. The van der Waals surface area contributed by atoms with E-state index < -0.39 is 0 Å². The first-order valence-corrected chi connectivity index (χ1v) is 11.3. The molecule has 2 fully saturated rings. The van der Waals surface area contributed by atoms with Crippen LogP contribution in [-0.4, -0.2) is 55.2 Å². The van der Waals surface area contributed by atoms with Crippen molar-refractivity contribution >= 4 is 28.2 Å². The molecule has 1 aliphatic carbocycles. The molecule has 6 nitrogen and oxygen atoms in total. The van der Waals surface area contributed by atoms with Gasteiger partial charge in [-0.05, 0) is 51.2 Å². The van der Waals surface area contributed by atoms with Crippen molar-refractivity contribution < 1.29 is 19.1 Å². The lowest BCUT2D eigenvalue weighted by Crippen LogP contribution is -2.42. The number of nitrogens with one attached hydrogen (secondary N) is 1. The summed E-state index contributed by atoms with van der Waals surface area (Å²) in [7, 11) is 0. The summed E-state index contributed by atoms with van der Waals surface area (Å²) in [5.41, 5.74) is 0.833. The Bertz CT molecular complexity index is 661. The first-order valence-electron chi connectivity index (χ1n) is 10.5. The number of carbonyl (C=O) groups is 2. The molecule has 0 unspecified atom stereocenters. The van der Waals surface area contributed by atoms with Crippen molar-refractivity contribution in [2.75, 3.05) is 31.6 Å². The fraction of sp³-hybridized carbons (Fsp3) is 0.714. The van der Waals surface area contributed by atoms with Crippen LogP contribution in [0.15, 0.2) is 6.07 Å². The van der Waals surface area contributed by atoms with E-state index in [1.165, 1.54) is 43.4 Å². The Morgan fingerprint density at radius 2 is 1.82 bits per heavy atom. The van der Waals surface area contributed by atoms with E-state index in [2.05, 4.69) is 10.2 Å². The van der Waals surface area contributed by atoms with E-state index in [0.29, 0.717) is 35.2 Å². The van der Waals surface area contributed by atoms with E-state index in [0.717, 1.165) is 31.5 Å². The van der Waals surface area contributed by atoms with Crippen molar-refractivity contribution in [3.63, 3.8) is 0 Å². The van der Waals surface area contributed by atoms with Crippen molar-refractivity contribution in [2.45, 2.75) is 71.0 Å². The van der Waals surface area contributed by atoms with Crippen molar-refractivity contribution in [1.82, 2.24) is 4.90 Å². The second-order valence-corrected chi connectivity index (χ2v) is 8.82. The lowest BCUT2D eigenvalue weighted by atomic mass is 9.97. The SMILES string of the molecule is CCOC(=O)c1sc(NC(=O)CN2CCC(OC3CCCCC3)CC2)cc1C. The molecule has 7 heteroatoms. The molecule has 0 radical (unpaired) electrons. The summed E-state index contributed by atoms with van der Waals surface area (Å²) in [5, 5.41) is 3.62. The van der Waals surface area contributed by atoms with E-state index in [9.17, 15) is 9.59 Å². The van der Waals surface area contributed by atoms with Crippen LogP contribution in [0.4, 0.5) is 5.00 Å². The lowest BCUT2D eigenvalue weighted by Gasteiger charge is -2.34. The third-order valence-corrected chi connectivity index (χ3v) is 6.61. The second kappa shape index (κ2) is 10.4. The van der Waals surface area contributed by atoms with Crippen LogP contribution in [0.1, 0.15) is 67.1 Å². The predicted molar refractivity (Wildman–Crippen MR) is 111 cm³/mol. The largest absolute Gasteiger partial charge is 0.462 e. The van der Waals surface area contributed by atoms with Gasteiger partial charge in [0.05, 0.1) is 30.4 Å². The maximum absolute atomic E-state index is 12.4. The number of esters is 1. The van der Waals surface area contributed by atoms with Crippen LogP contribution in [0.2, 0.25) is 0 Å². The van der Waals surface area contributed by atoms with Crippen molar-refractivity contribution in [3.05, 3.63) is 16.5 Å². The van der Waals surface area contributed by atoms with Gasteiger partial charge in [-0.2, -0.15) is 0 Å². The summed E-state index contributed by atoms with van der Waals surface area (Å²) < 4.78 is 11.3. The summed E-state index contributed by atoms with van der Waals surface area (Å²) in [6.07, 6.45) is 9.13. The smallest absolute Gasteiger partial charge is 0.348 e. The van der Waals surface area contributed by atoms with Gasteiger partial charge in [0.1, 0.15) is 4.88 Å². The Balaban J connectivity index is 1.41. The minimum Gasteiger partial charge on any atom is -0.462 e. The fourth-order valence-electron chi connectivity index (χ4n) is 4.00.